The number of rotatable bonds is 2. The molecule has 6 heteroatoms. The number of carbonyl (C=O) groups excluding carboxylic acids is 1. The zero-order valence-corrected chi connectivity index (χ0v) is 8.52. The molecule has 1 aromatic rings. The summed E-state index contributed by atoms with van der Waals surface area (Å²) in [5.74, 6) is 0.391. The Morgan fingerprint density at radius 2 is 2.07 bits per heavy atom. The molecular formula is C9H8F3O2S+. The number of benzene rings is 1. The molecule has 0 aliphatic rings. The van der Waals surface area contributed by atoms with Crippen LogP contribution in [0.1, 0.15) is 5.56 Å². The van der Waals surface area contributed by atoms with E-state index in [1.807, 2.05) is 0 Å². The summed E-state index contributed by atoms with van der Waals surface area (Å²) in [6, 6.07) is 5.78. The molecule has 0 fully saturated rings. The lowest BCUT2D eigenvalue weighted by atomic mass is 10.2. The third-order valence-electron chi connectivity index (χ3n) is 1.53. The smallest absolute Gasteiger partial charge is 0.454 e. The first kappa shape index (κ1) is 11.9. The van der Waals surface area contributed by atoms with Crippen molar-refractivity contribution in [2.24, 2.45) is 0 Å². The second-order valence-electron chi connectivity index (χ2n) is 2.58. The van der Waals surface area contributed by atoms with Gasteiger partial charge in [0.2, 0.25) is 0 Å². The molecule has 0 saturated heterocycles. The summed E-state index contributed by atoms with van der Waals surface area (Å²) in [5.41, 5.74) is -4.41. The van der Waals surface area contributed by atoms with Crippen LogP contribution in [0.3, 0.4) is 0 Å². The van der Waals surface area contributed by atoms with Crippen LogP contribution < -0.4 is 4.74 Å². The Balaban J connectivity index is 2.82. The Kier molecular flexibility index (Phi) is 3.62. The summed E-state index contributed by atoms with van der Waals surface area (Å²) in [6.45, 7) is 0. The number of thioether (sulfide) groups is 1. The van der Waals surface area contributed by atoms with E-state index in [1.54, 1.807) is 6.07 Å². The number of halogens is 3. The molecule has 0 heterocycles. The van der Waals surface area contributed by atoms with Crippen LogP contribution in [0.5, 0.6) is 5.75 Å². The van der Waals surface area contributed by atoms with Gasteiger partial charge in [-0.2, -0.15) is 13.2 Å². The normalized spacial score (nSPS) is 11.2. The molecule has 0 radical (unpaired) electrons. The van der Waals surface area contributed by atoms with Gasteiger partial charge in [0.25, 0.3) is 0 Å². The van der Waals surface area contributed by atoms with Gasteiger partial charge in [0.15, 0.2) is 0 Å². The molecule has 0 aromatic heterocycles. The maximum atomic E-state index is 11.9. The second-order valence-corrected chi connectivity index (χ2v) is 3.64. The zero-order chi connectivity index (χ0) is 11.5. The molecule has 1 rings (SSSR count). The van der Waals surface area contributed by atoms with E-state index in [9.17, 15) is 18.0 Å². The van der Waals surface area contributed by atoms with Crippen LogP contribution in [0.2, 0.25) is 0 Å². The van der Waals surface area contributed by atoms with Gasteiger partial charge in [0.05, 0.1) is 24.4 Å². The van der Waals surface area contributed by atoms with E-state index in [0.29, 0.717) is 5.75 Å². The number of hydrogen-bond donors (Lipinski definition) is 0. The van der Waals surface area contributed by atoms with Crippen LogP contribution in [-0.4, -0.2) is 22.5 Å². The monoisotopic (exact) mass is 237 g/mol. The average Bonchev–Trinajstić information content (AvgIpc) is 2.15. The minimum atomic E-state index is -4.49. The highest BCUT2D eigenvalue weighted by molar-refractivity contribution is 8.14. The largest absolute Gasteiger partial charge is 0.497 e. The molecule has 0 unspecified atom stereocenters. The van der Waals surface area contributed by atoms with Crippen molar-refractivity contribution in [3.8, 4) is 5.75 Å². The summed E-state index contributed by atoms with van der Waals surface area (Å²) < 4.78 is 40.6. The number of methoxy groups -OCH3 is 1. The van der Waals surface area contributed by atoms with E-state index in [0.717, 1.165) is 0 Å². The van der Waals surface area contributed by atoms with E-state index in [2.05, 4.69) is 0 Å². The molecule has 0 bridgehead atoms. The van der Waals surface area contributed by atoms with E-state index in [1.165, 1.54) is 25.3 Å². The van der Waals surface area contributed by atoms with Crippen molar-refractivity contribution < 1.29 is 22.7 Å². The first-order valence-corrected chi connectivity index (χ1v) is 4.70. The Hall–Kier alpha value is -1.17. The first-order valence-electron chi connectivity index (χ1n) is 3.88. The summed E-state index contributed by atoms with van der Waals surface area (Å²) in [6.07, 6.45) is 0. The van der Waals surface area contributed by atoms with Crippen molar-refractivity contribution >= 4 is 16.9 Å². The summed E-state index contributed by atoms with van der Waals surface area (Å²) in [4.78, 5) is 9.18. The van der Waals surface area contributed by atoms with Crippen LogP contribution in [0, 0.1) is 0 Å². The van der Waals surface area contributed by atoms with Gasteiger partial charge in [-0.25, -0.2) is 0 Å². The highest BCUT2D eigenvalue weighted by Gasteiger charge is 2.37. The molecular weight excluding hydrogens is 229 g/mol. The van der Waals surface area contributed by atoms with E-state index < -0.39 is 22.4 Å². The molecule has 0 atom stereocenters. The van der Waals surface area contributed by atoms with Gasteiger partial charge >= 0.3 is 10.6 Å². The maximum absolute atomic E-state index is 11.9. The Morgan fingerprint density at radius 1 is 1.40 bits per heavy atom. The fraction of sp³-hybridized carbons (Fsp3) is 0.222. The molecule has 0 spiro atoms. The van der Waals surface area contributed by atoms with Gasteiger partial charge in [-0.15, -0.1) is 0 Å². The lowest BCUT2D eigenvalue weighted by molar-refractivity contribution is -0.0316. The highest BCUT2D eigenvalue weighted by atomic mass is 32.2. The predicted molar refractivity (Wildman–Crippen MR) is 52.7 cm³/mol. The molecule has 0 saturated carbocycles. The van der Waals surface area contributed by atoms with Crippen molar-refractivity contribution in [1.29, 1.82) is 0 Å². The Bertz CT molecular complexity index is 363. The van der Waals surface area contributed by atoms with Crippen LogP contribution >= 0.6 is 11.8 Å². The molecule has 0 aliphatic heterocycles. The third kappa shape index (κ3) is 3.83. The zero-order valence-electron chi connectivity index (χ0n) is 7.71. The van der Waals surface area contributed by atoms with Gasteiger partial charge in [-0.1, -0.05) is 6.07 Å². The third-order valence-corrected chi connectivity index (χ3v) is 2.19. The van der Waals surface area contributed by atoms with Crippen molar-refractivity contribution in [3.63, 3.8) is 0 Å². The van der Waals surface area contributed by atoms with E-state index >= 15 is 0 Å². The van der Waals surface area contributed by atoms with Crippen LogP contribution in [0.15, 0.2) is 24.3 Å². The molecule has 82 valence electrons. The fourth-order valence-electron chi connectivity index (χ4n) is 0.925. The lowest BCUT2D eigenvalue weighted by Gasteiger charge is -2.02. The summed E-state index contributed by atoms with van der Waals surface area (Å²) in [5, 5.41) is -0.790. The van der Waals surface area contributed by atoms with E-state index in [4.69, 9.17) is 4.74 Å². The molecule has 1 aromatic carbocycles. The molecule has 0 aliphatic carbocycles. The van der Waals surface area contributed by atoms with Crippen molar-refractivity contribution in [2.45, 2.75) is 5.51 Å². The topological polar surface area (TPSA) is 30.6 Å². The van der Waals surface area contributed by atoms with Gasteiger partial charge in [-0.05, 0) is 18.2 Å². The molecule has 1 N–H and O–H groups in total. The van der Waals surface area contributed by atoms with Crippen molar-refractivity contribution in [1.82, 2.24) is 0 Å². The summed E-state index contributed by atoms with van der Waals surface area (Å²) >= 11 is -0.554. The lowest BCUT2D eigenvalue weighted by Crippen LogP contribution is -2.07. The molecule has 0 amide bonds. The SMILES string of the molecule is COc1cccc(C(=[OH+])SC(F)(F)F)c1. The minimum Gasteiger partial charge on any atom is -0.497 e. The fourth-order valence-corrected chi connectivity index (χ4v) is 1.39. The predicted octanol–water partition coefficient (Wildman–Crippen LogP) is 2.80. The Morgan fingerprint density at radius 3 is 2.60 bits per heavy atom. The second kappa shape index (κ2) is 4.57. The van der Waals surface area contributed by atoms with Gasteiger partial charge < -0.3 is 4.74 Å². The molecule has 15 heavy (non-hydrogen) atoms. The van der Waals surface area contributed by atoms with Crippen molar-refractivity contribution in [3.05, 3.63) is 29.8 Å². The Labute approximate surface area is 88.4 Å². The van der Waals surface area contributed by atoms with Crippen molar-refractivity contribution in [2.75, 3.05) is 7.11 Å². The number of alkyl halides is 3. The van der Waals surface area contributed by atoms with Crippen LogP contribution in [0.25, 0.3) is 0 Å². The maximum Gasteiger partial charge on any atom is 0.454 e. The summed E-state index contributed by atoms with van der Waals surface area (Å²) in [7, 11) is 1.40. The number of hydrogen-bond acceptors (Lipinski definition) is 2. The van der Waals surface area contributed by atoms with Crippen LogP contribution in [0.4, 0.5) is 13.2 Å². The first-order chi connectivity index (χ1) is 6.92. The van der Waals surface area contributed by atoms with Gasteiger partial charge in [0, 0.05) is 0 Å². The molecule has 2 nitrogen and oxygen atoms in total. The van der Waals surface area contributed by atoms with Crippen LogP contribution in [-0.2, 0) is 0 Å². The van der Waals surface area contributed by atoms with Gasteiger partial charge in [0.1, 0.15) is 5.75 Å². The number of ether oxygens (including phenoxy) is 1. The standard InChI is InChI=1S/C9H7F3O2S/c1-14-7-4-2-3-6(5-7)8(13)15-9(10,11)12/h2-5H,1H3/p+1. The highest BCUT2D eigenvalue weighted by Crippen LogP contribution is 2.33. The van der Waals surface area contributed by atoms with E-state index in [-0.39, 0.29) is 5.56 Å². The minimum absolute atomic E-state index is 0.0803. The average molecular weight is 237 g/mol. The quantitative estimate of drug-likeness (QED) is 0.740. The van der Waals surface area contributed by atoms with Gasteiger partial charge in [-0.3, -0.25) is 4.79 Å².